The molecule has 0 unspecified atom stereocenters. The van der Waals surface area contributed by atoms with Gasteiger partial charge in [0, 0.05) is 38.0 Å². The van der Waals surface area contributed by atoms with Crippen molar-refractivity contribution in [3.63, 3.8) is 0 Å². The molecule has 2 fully saturated rings. The number of piperidine rings is 1. The number of nitrogens with one attached hydrogen (secondary N) is 1. The normalized spacial score (nSPS) is 20.3. The molecule has 1 aromatic heterocycles. The maximum Gasteiger partial charge on any atom is 0.317 e. The zero-order valence-electron chi connectivity index (χ0n) is 13.8. The fourth-order valence-corrected chi connectivity index (χ4v) is 3.31. The Kier molecular flexibility index (Phi) is 5.31. The van der Waals surface area contributed by atoms with Crippen LogP contribution in [0.5, 0.6) is 5.88 Å². The van der Waals surface area contributed by atoms with E-state index in [2.05, 4.69) is 15.5 Å². The van der Waals surface area contributed by atoms with E-state index in [1.165, 1.54) is 19.3 Å². The quantitative estimate of drug-likeness (QED) is 0.930. The fourth-order valence-electron chi connectivity index (χ4n) is 3.31. The van der Waals surface area contributed by atoms with Gasteiger partial charge in [0.15, 0.2) is 0 Å². The Morgan fingerprint density at radius 3 is 2.52 bits per heavy atom. The van der Waals surface area contributed by atoms with E-state index in [0.29, 0.717) is 11.9 Å². The number of carbonyl (C=O) groups excluding carboxylic acids is 1. The van der Waals surface area contributed by atoms with Crippen LogP contribution in [0.4, 0.5) is 4.79 Å². The van der Waals surface area contributed by atoms with Gasteiger partial charge in [-0.2, -0.15) is 5.10 Å². The van der Waals surface area contributed by atoms with E-state index < -0.39 is 0 Å². The summed E-state index contributed by atoms with van der Waals surface area (Å²) in [5, 5.41) is 11.2. The lowest BCUT2D eigenvalue weighted by atomic mass is 9.96. The molecule has 1 aliphatic carbocycles. The van der Waals surface area contributed by atoms with Crippen molar-refractivity contribution in [1.29, 1.82) is 0 Å². The minimum atomic E-state index is 0.0884. The third-order valence-electron chi connectivity index (χ3n) is 4.72. The Morgan fingerprint density at radius 2 is 1.87 bits per heavy atom. The molecule has 1 aliphatic heterocycles. The van der Waals surface area contributed by atoms with Gasteiger partial charge in [-0.15, -0.1) is 5.10 Å². The van der Waals surface area contributed by atoms with Crippen molar-refractivity contribution < 1.29 is 9.53 Å². The molecule has 2 heterocycles. The van der Waals surface area contributed by atoms with Crippen molar-refractivity contribution in [2.24, 2.45) is 0 Å². The first kappa shape index (κ1) is 16.0. The molecule has 6 heteroatoms. The first-order valence-corrected chi connectivity index (χ1v) is 8.73. The van der Waals surface area contributed by atoms with E-state index in [0.717, 1.165) is 44.5 Å². The lowest BCUT2D eigenvalue weighted by Crippen LogP contribution is -2.49. The fraction of sp³-hybridized carbons (Fsp3) is 0.706. The first-order valence-electron chi connectivity index (χ1n) is 8.73. The predicted octanol–water partition coefficient (Wildman–Crippen LogP) is 2.67. The van der Waals surface area contributed by atoms with Crippen LogP contribution in [0, 0.1) is 6.92 Å². The molecule has 3 rings (SSSR count). The van der Waals surface area contributed by atoms with Gasteiger partial charge in [-0.05, 0) is 25.8 Å². The second kappa shape index (κ2) is 7.62. The van der Waals surface area contributed by atoms with Crippen molar-refractivity contribution in [2.75, 3.05) is 13.1 Å². The summed E-state index contributed by atoms with van der Waals surface area (Å²) in [6.07, 6.45) is 7.81. The molecule has 2 aliphatic rings. The van der Waals surface area contributed by atoms with Crippen LogP contribution in [-0.2, 0) is 0 Å². The summed E-state index contributed by atoms with van der Waals surface area (Å²) in [5.41, 5.74) is 0.881. The Balaban J connectivity index is 1.42. The van der Waals surface area contributed by atoms with Crippen LogP contribution < -0.4 is 10.1 Å². The minimum absolute atomic E-state index is 0.0884. The van der Waals surface area contributed by atoms with Gasteiger partial charge in [-0.3, -0.25) is 0 Å². The Hall–Kier alpha value is -1.85. The van der Waals surface area contributed by atoms with Gasteiger partial charge < -0.3 is 15.0 Å². The topological polar surface area (TPSA) is 67.3 Å². The van der Waals surface area contributed by atoms with Crippen molar-refractivity contribution in [3.05, 3.63) is 17.8 Å². The molecule has 6 nitrogen and oxygen atoms in total. The third kappa shape index (κ3) is 4.56. The van der Waals surface area contributed by atoms with Crippen molar-refractivity contribution in [2.45, 2.75) is 64.0 Å². The molecule has 126 valence electrons. The van der Waals surface area contributed by atoms with E-state index >= 15 is 0 Å². The van der Waals surface area contributed by atoms with Gasteiger partial charge in [-0.25, -0.2) is 4.79 Å². The highest BCUT2D eigenvalue weighted by molar-refractivity contribution is 5.74. The Bertz CT molecular complexity index is 506. The number of aromatic nitrogens is 2. The zero-order chi connectivity index (χ0) is 16.1. The number of hydrogen-bond acceptors (Lipinski definition) is 4. The number of nitrogens with zero attached hydrogens (tertiary/aromatic N) is 3. The summed E-state index contributed by atoms with van der Waals surface area (Å²) < 4.78 is 5.86. The number of carbonyl (C=O) groups is 1. The predicted molar refractivity (Wildman–Crippen MR) is 87.4 cm³/mol. The number of aryl methyl sites for hydroxylation is 1. The van der Waals surface area contributed by atoms with E-state index in [9.17, 15) is 4.79 Å². The van der Waals surface area contributed by atoms with Crippen LogP contribution in [0.3, 0.4) is 0 Å². The molecule has 2 amide bonds. The lowest BCUT2D eigenvalue weighted by Gasteiger charge is -2.33. The molecule has 1 aromatic rings. The first-order chi connectivity index (χ1) is 11.2. The van der Waals surface area contributed by atoms with Gasteiger partial charge >= 0.3 is 6.03 Å². The summed E-state index contributed by atoms with van der Waals surface area (Å²) in [7, 11) is 0. The standard InChI is InChI=1S/C17H26N4O2/c1-13-7-8-16(20-19-13)23-15-9-11-21(12-10-15)17(22)18-14-5-3-2-4-6-14/h7-8,14-15H,2-6,9-12H2,1H3,(H,18,22). The molecule has 1 saturated carbocycles. The van der Waals surface area contributed by atoms with Gasteiger partial charge in [0.2, 0.25) is 5.88 Å². The second-order valence-electron chi connectivity index (χ2n) is 6.60. The molecular formula is C17H26N4O2. The van der Waals surface area contributed by atoms with Gasteiger partial charge in [0.1, 0.15) is 6.10 Å². The van der Waals surface area contributed by atoms with E-state index in [1.807, 2.05) is 24.0 Å². The summed E-state index contributed by atoms with van der Waals surface area (Å²) >= 11 is 0. The molecule has 1 saturated heterocycles. The van der Waals surface area contributed by atoms with Crippen LogP contribution in [0.2, 0.25) is 0 Å². The molecule has 23 heavy (non-hydrogen) atoms. The average molecular weight is 318 g/mol. The number of urea groups is 1. The van der Waals surface area contributed by atoms with Crippen molar-refractivity contribution >= 4 is 6.03 Å². The van der Waals surface area contributed by atoms with Crippen LogP contribution in [0.1, 0.15) is 50.6 Å². The number of likely N-dealkylation sites (tertiary alicyclic amines) is 1. The molecule has 0 radical (unpaired) electrons. The SMILES string of the molecule is Cc1ccc(OC2CCN(C(=O)NC3CCCCC3)CC2)nn1. The smallest absolute Gasteiger partial charge is 0.317 e. The monoisotopic (exact) mass is 318 g/mol. The van der Waals surface area contributed by atoms with Crippen LogP contribution in [0.15, 0.2) is 12.1 Å². The number of ether oxygens (including phenoxy) is 1. The highest BCUT2D eigenvalue weighted by atomic mass is 16.5. The van der Waals surface area contributed by atoms with Crippen LogP contribution >= 0.6 is 0 Å². The van der Waals surface area contributed by atoms with Gasteiger partial charge in [-0.1, -0.05) is 19.3 Å². The van der Waals surface area contributed by atoms with E-state index in [4.69, 9.17) is 4.74 Å². The molecule has 1 N–H and O–H groups in total. The number of hydrogen-bond donors (Lipinski definition) is 1. The molecule has 0 atom stereocenters. The molecule has 0 spiro atoms. The van der Waals surface area contributed by atoms with Crippen LogP contribution in [-0.4, -0.2) is 46.4 Å². The molecule has 0 bridgehead atoms. The summed E-state index contributed by atoms with van der Waals surface area (Å²) in [6, 6.07) is 4.21. The molecular weight excluding hydrogens is 292 g/mol. The second-order valence-corrected chi connectivity index (χ2v) is 6.60. The molecule has 0 aromatic carbocycles. The van der Waals surface area contributed by atoms with Gasteiger partial charge in [0.05, 0.1) is 5.69 Å². The maximum absolute atomic E-state index is 12.3. The zero-order valence-corrected chi connectivity index (χ0v) is 13.8. The van der Waals surface area contributed by atoms with E-state index in [1.54, 1.807) is 0 Å². The lowest BCUT2D eigenvalue weighted by molar-refractivity contribution is 0.105. The number of amides is 2. The summed E-state index contributed by atoms with van der Waals surface area (Å²) in [6.45, 7) is 3.38. The van der Waals surface area contributed by atoms with Crippen LogP contribution in [0.25, 0.3) is 0 Å². The average Bonchev–Trinajstić information content (AvgIpc) is 2.58. The van der Waals surface area contributed by atoms with Crippen molar-refractivity contribution in [1.82, 2.24) is 20.4 Å². The largest absolute Gasteiger partial charge is 0.473 e. The van der Waals surface area contributed by atoms with Crippen molar-refractivity contribution in [3.8, 4) is 5.88 Å². The van der Waals surface area contributed by atoms with E-state index in [-0.39, 0.29) is 12.1 Å². The maximum atomic E-state index is 12.3. The van der Waals surface area contributed by atoms with Gasteiger partial charge in [0.25, 0.3) is 0 Å². The third-order valence-corrected chi connectivity index (χ3v) is 4.72. The number of rotatable bonds is 3. The Morgan fingerprint density at radius 1 is 1.13 bits per heavy atom. The highest BCUT2D eigenvalue weighted by Gasteiger charge is 2.26. The summed E-state index contributed by atoms with van der Waals surface area (Å²) in [4.78, 5) is 14.2. The Labute approximate surface area is 137 Å². The highest BCUT2D eigenvalue weighted by Crippen LogP contribution is 2.19. The minimum Gasteiger partial charge on any atom is -0.473 e. The summed E-state index contributed by atoms with van der Waals surface area (Å²) in [5.74, 6) is 0.570.